The van der Waals surface area contributed by atoms with E-state index >= 15 is 0 Å². The molecule has 0 saturated carbocycles. The molecule has 4 heteroatoms. The second-order valence-corrected chi connectivity index (χ2v) is 1.84. The van der Waals surface area contributed by atoms with Crippen LogP contribution >= 0.6 is 0 Å². The molecular formula is C7H6F2NO. The Morgan fingerprint density at radius 2 is 2.27 bits per heavy atom. The summed E-state index contributed by atoms with van der Waals surface area (Å²) in [5, 5.41) is 0. The summed E-state index contributed by atoms with van der Waals surface area (Å²) < 4.78 is 27.3. The van der Waals surface area contributed by atoms with Gasteiger partial charge in [0.15, 0.2) is 0 Å². The summed E-state index contributed by atoms with van der Waals surface area (Å²) in [5.74, 6) is -0.0394. The van der Waals surface area contributed by atoms with E-state index in [-0.39, 0.29) is 11.4 Å². The molecule has 0 spiro atoms. The van der Waals surface area contributed by atoms with Crippen molar-refractivity contribution >= 4 is 5.69 Å². The molecule has 0 fully saturated rings. The molecule has 0 aliphatic rings. The van der Waals surface area contributed by atoms with E-state index in [0.29, 0.717) is 0 Å². The monoisotopic (exact) mass is 158 g/mol. The molecule has 0 atom stereocenters. The minimum absolute atomic E-state index is 0.0394. The number of ether oxygens (including phenoxy) is 1. The Bertz CT molecular complexity index is 240. The quantitative estimate of drug-likeness (QED) is 0.664. The first-order valence-corrected chi connectivity index (χ1v) is 2.90. The number of nitrogens with two attached hydrogens (primary N) is 1. The number of alkyl halides is 2. The zero-order chi connectivity index (χ0) is 8.27. The standard InChI is InChI=1S/C7H6F2NO/c8-7(9)11-6-4-2-1-3-5(6)10/h1,3-4,7H,10H2. The minimum atomic E-state index is -2.84. The third-order valence-electron chi connectivity index (χ3n) is 1.07. The Hall–Kier alpha value is -1.32. The predicted molar refractivity (Wildman–Crippen MR) is 36.3 cm³/mol. The second-order valence-electron chi connectivity index (χ2n) is 1.84. The van der Waals surface area contributed by atoms with Gasteiger partial charge in [0.05, 0.1) is 5.69 Å². The van der Waals surface area contributed by atoms with E-state index in [9.17, 15) is 8.78 Å². The van der Waals surface area contributed by atoms with Crippen LogP contribution in [0.3, 0.4) is 0 Å². The lowest BCUT2D eigenvalue weighted by atomic mass is 10.3. The molecule has 0 aliphatic heterocycles. The summed E-state index contributed by atoms with van der Waals surface area (Å²) in [4.78, 5) is 0. The minimum Gasteiger partial charge on any atom is -0.433 e. The van der Waals surface area contributed by atoms with Crippen molar-refractivity contribution in [1.29, 1.82) is 0 Å². The van der Waals surface area contributed by atoms with Gasteiger partial charge in [-0.15, -0.1) is 0 Å². The van der Waals surface area contributed by atoms with Crippen LogP contribution in [0, 0.1) is 6.07 Å². The Labute approximate surface area is 62.6 Å². The molecular weight excluding hydrogens is 152 g/mol. The largest absolute Gasteiger partial charge is 0.433 e. The fourth-order valence-corrected chi connectivity index (χ4v) is 0.625. The number of halogens is 2. The first-order valence-electron chi connectivity index (χ1n) is 2.90. The lowest BCUT2D eigenvalue weighted by molar-refractivity contribution is -0.0493. The number of nitrogen functional groups attached to an aromatic ring is 1. The van der Waals surface area contributed by atoms with Gasteiger partial charge in [-0.1, -0.05) is 6.07 Å². The smallest absolute Gasteiger partial charge is 0.387 e. The van der Waals surface area contributed by atoms with Crippen LogP contribution in [0.15, 0.2) is 18.2 Å². The maximum Gasteiger partial charge on any atom is 0.387 e. The van der Waals surface area contributed by atoms with Crippen molar-refractivity contribution in [3.63, 3.8) is 0 Å². The van der Waals surface area contributed by atoms with E-state index in [2.05, 4.69) is 10.8 Å². The highest BCUT2D eigenvalue weighted by atomic mass is 19.3. The predicted octanol–water partition coefficient (Wildman–Crippen LogP) is 1.67. The molecule has 1 aromatic carbocycles. The molecule has 0 heterocycles. The number of rotatable bonds is 2. The molecule has 11 heavy (non-hydrogen) atoms. The molecule has 2 N–H and O–H groups in total. The summed E-state index contributed by atoms with van der Waals surface area (Å²) in [7, 11) is 0. The van der Waals surface area contributed by atoms with E-state index in [1.165, 1.54) is 18.2 Å². The first kappa shape index (κ1) is 7.78. The average molecular weight is 158 g/mol. The van der Waals surface area contributed by atoms with Gasteiger partial charge in [-0.2, -0.15) is 8.78 Å². The Balaban J connectivity index is 2.78. The summed E-state index contributed by atoms with van der Waals surface area (Å²) >= 11 is 0. The zero-order valence-electron chi connectivity index (χ0n) is 5.55. The van der Waals surface area contributed by atoms with Gasteiger partial charge in [-0.05, 0) is 18.2 Å². The highest BCUT2D eigenvalue weighted by Crippen LogP contribution is 2.21. The first-order chi connectivity index (χ1) is 5.20. The molecule has 1 rings (SSSR count). The highest BCUT2D eigenvalue weighted by Gasteiger charge is 2.05. The molecule has 0 saturated heterocycles. The van der Waals surface area contributed by atoms with E-state index in [1.54, 1.807) is 0 Å². The van der Waals surface area contributed by atoms with Crippen LogP contribution in [-0.2, 0) is 0 Å². The van der Waals surface area contributed by atoms with Crippen LogP contribution in [-0.4, -0.2) is 6.61 Å². The zero-order valence-corrected chi connectivity index (χ0v) is 5.55. The molecule has 2 nitrogen and oxygen atoms in total. The van der Waals surface area contributed by atoms with Crippen LogP contribution in [0.5, 0.6) is 5.75 Å². The van der Waals surface area contributed by atoms with Crippen LogP contribution in [0.4, 0.5) is 14.5 Å². The number of hydrogen-bond acceptors (Lipinski definition) is 2. The number of anilines is 1. The van der Waals surface area contributed by atoms with Crippen molar-refractivity contribution in [1.82, 2.24) is 0 Å². The van der Waals surface area contributed by atoms with Gasteiger partial charge in [0.25, 0.3) is 0 Å². The third-order valence-corrected chi connectivity index (χ3v) is 1.07. The van der Waals surface area contributed by atoms with Crippen LogP contribution < -0.4 is 10.5 Å². The maximum atomic E-state index is 11.6. The van der Waals surface area contributed by atoms with Gasteiger partial charge in [0, 0.05) is 0 Å². The molecule has 0 amide bonds. The van der Waals surface area contributed by atoms with Crippen molar-refractivity contribution in [2.24, 2.45) is 0 Å². The molecule has 0 unspecified atom stereocenters. The molecule has 1 aromatic rings. The van der Waals surface area contributed by atoms with E-state index in [0.717, 1.165) is 0 Å². The number of benzene rings is 1. The van der Waals surface area contributed by atoms with Crippen LogP contribution in [0.25, 0.3) is 0 Å². The molecule has 59 valence electrons. The van der Waals surface area contributed by atoms with Crippen molar-refractivity contribution < 1.29 is 13.5 Å². The van der Waals surface area contributed by atoms with E-state index in [1.807, 2.05) is 0 Å². The second kappa shape index (κ2) is 3.18. The lowest BCUT2D eigenvalue weighted by Crippen LogP contribution is -2.03. The fraction of sp³-hybridized carbons (Fsp3) is 0.143. The summed E-state index contributed by atoms with van der Waals surface area (Å²) in [6.07, 6.45) is 0. The average Bonchev–Trinajstić information content (AvgIpc) is 1.93. The van der Waals surface area contributed by atoms with Gasteiger partial charge in [-0.3, -0.25) is 0 Å². The lowest BCUT2D eigenvalue weighted by Gasteiger charge is -2.05. The Morgan fingerprint density at radius 3 is 2.82 bits per heavy atom. The molecule has 1 radical (unpaired) electrons. The van der Waals surface area contributed by atoms with Gasteiger partial charge >= 0.3 is 6.61 Å². The maximum absolute atomic E-state index is 11.6. The van der Waals surface area contributed by atoms with Gasteiger partial charge < -0.3 is 10.5 Å². The molecule has 0 bridgehead atoms. The summed E-state index contributed by atoms with van der Waals surface area (Å²) in [6.45, 7) is -2.84. The van der Waals surface area contributed by atoms with Crippen molar-refractivity contribution in [2.45, 2.75) is 6.61 Å². The van der Waals surface area contributed by atoms with E-state index < -0.39 is 6.61 Å². The number of hydrogen-bond donors (Lipinski definition) is 1. The summed E-state index contributed by atoms with van der Waals surface area (Å²) in [5.41, 5.74) is 5.47. The topological polar surface area (TPSA) is 35.2 Å². The van der Waals surface area contributed by atoms with E-state index in [4.69, 9.17) is 5.73 Å². The SMILES string of the molecule is Nc1cc[c]cc1OC(F)F. The fourth-order valence-electron chi connectivity index (χ4n) is 0.625. The highest BCUT2D eigenvalue weighted by molar-refractivity contribution is 5.51. The Morgan fingerprint density at radius 1 is 1.55 bits per heavy atom. The third kappa shape index (κ3) is 2.07. The molecule has 0 aliphatic carbocycles. The molecule has 0 aromatic heterocycles. The van der Waals surface area contributed by atoms with Gasteiger partial charge in [-0.25, -0.2) is 0 Å². The van der Waals surface area contributed by atoms with Crippen molar-refractivity contribution in [3.8, 4) is 5.75 Å². The van der Waals surface area contributed by atoms with Gasteiger partial charge in [0.2, 0.25) is 0 Å². The van der Waals surface area contributed by atoms with Crippen molar-refractivity contribution in [2.75, 3.05) is 5.73 Å². The van der Waals surface area contributed by atoms with Crippen LogP contribution in [0.2, 0.25) is 0 Å². The van der Waals surface area contributed by atoms with Gasteiger partial charge in [0.1, 0.15) is 5.75 Å². The Kier molecular flexibility index (Phi) is 2.25. The van der Waals surface area contributed by atoms with Crippen LogP contribution in [0.1, 0.15) is 0 Å². The van der Waals surface area contributed by atoms with Crippen molar-refractivity contribution in [3.05, 3.63) is 24.3 Å². The normalized spacial score (nSPS) is 10.1. The summed E-state index contributed by atoms with van der Waals surface area (Å²) in [6, 6.07) is 6.80.